The Kier molecular flexibility index (Phi) is 9.38. The summed E-state index contributed by atoms with van der Waals surface area (Å²) in [6.45, 7) is 1.29. The zero-order valence-electron chi connectivity index (χ0n) is 24.1. The second-order valence-corrected chi connectivity index (χ2v) is 12.2. The van der Waals surface area contributed by atoms with Gasteiger partial charge in [-0.2, -0.15) is 0 Å². The summed E-state index contributed by atoms with van der Waals surface area (Å²) in [5.41, 5.74) is 5.01. The molecule has 1 fully saturated rings. The largest absolute Gasteiger partial charge is 0.457 e. The lowest BCUT2D eigenvalue weighted by Crippen LogP contribution is -2.13. The fourth-order valence-electron chi connectivity index (χ4n) is 5.90. The van der Waals surface area contributed by atoms with Gasteiger partial charge in [-0.3, -0.25) is 19.8 Å². The first-order valence-electron chi connectivity index (χ1n) is 15.0. The molecular formula is C36H35BrN4O2. The first kappa shape index (κ1) is 29.0. The number of ketones is 1. The summed E-state index contributed by atoms with van der Waals surface area (Å²) >= 11 is 3.71. The van der Waals surface area contributed by atoms with Crippen molar-refractivity contribution in [3.05, 3.63) is 131 Å². The van der Waals surface area contributed by atoms with Crippen LogP contribution in [-0.4, -0.2) is 15.8 Å². The third-order valence-corrected chi connectivity index (χ3v) is 8.82. The topological polar surface area (TPSA) is 76.5 Å². The molecule has 6 rings (SSSR count). The molecule has 7 heteroatoms. The van der Waals surface area contributed by atoms with Crippen molar-refractivity contribution < 1.29 is 9.53 Å². The number of aromatic nitrogens is 2. The summed E-state index contributed by atoms with van der Waals surface area (Å²) < 4.78 is 6.85. The van der Waals surface area contributed by atoms with Crippen molar-refractivity contribution in [1.29, 1.82) is 0 Å². The molecule has 2 unspecified atom stereocenters. The van der Waals surface area contributed by atoms with Gasteiger partial charge >= 0.3 is 0 Å². The highest BCUT2D eigenvalue weighted by Crippen LogP contribution is 2.36. The minimum Gasteiger partial charge on any atom is -0.457 e. The number of hydrogen-bond donors (Lipinski definition) is 1. The molecule has 6 nitrogen and oxygen atoms in total. The Hall–Kier alpha value is -4.10. The van der Waals surface area contributed by atoms with E-state index in [1.807, 2.05) is 73.1 Å². The molecule has 3 heterocycles. The number of carbonyl (C=O) groups is 1. The summed E-state index contributed by atoms with van der Waals surface area (Å²) in [5.74, 6) is 2.41. The Morgan fingerprint density at radius 2 is 1.79 bits per heavy atom. The third-order valence-electron chi connectivity index (χ3n) is 8.21. The third kappa shape index (κ3) is 7.65. The zero-order valence-corrected chi connectivity index (χ0v) is 25.7. The molecule has 1 aliphatic carbocycles. The summed E-state index contributed by atoms with van der Waals surface area (Å²) in [7, 11) is 0. The van der Waals surface area contributed by atoms with Gasteiger partial charge in [0.15, 0.2) is 5.78 Å². The van der Waals surface area contributed by atoms with Crippen LogP contribution in [0.1, 0.15) is 77.3 Å². The van der Waals surface area contributed by atoms with E-state index in [2.05, 4.69) is 44.4 Å². The van der Waals surface area contributed by atoms with Crippen LogP contribution in [0.3, 0.4) is 0 Å². The Morgan fingerprint density at radius 3 is 2.60 bits per heavy atom. The number of benzene rings is 2. The number of rotatable bonds is 8. The lowest BCUT2D eigenvalue weighted by molar-refractivity contribution is 0.0957. The molecule has 0 amide bonds. The molecule has 4 aromatic rings. The van der Waals surface area contributed by atoms with Crippen molar-refractivity contribution in [3.63, 3.8) is 0 Å². The van der Waals surface area contributed by atoms with Gasteiger partial charge in [0, 0.05) is 54.3 Å². The van der Waals surface area contributed by atoms with Gasteiger partial charge in [0.05, 0.1) is 22.1 Å². The maximum atomic E-state index is 13.2. The Balaban J connectivity index is 1.15. The fraction of sp³-hybridized carbons (Fsp3) is 0.278. The van der Waals surface area contributed by atoms with Gasteiger partial charge in [0.1, 0.15) is 11.5 Å². The minimum atomic E-state index is 0.200. The van der Waals surface area contributed by atoms with E-state index >= 15 is 0 Å². The van der Waals surface area contributed by atoms with Gasteiger partial charge in [0.2, 0.25) is 0 Å². The van der Waals surface area contributed by atoms with E-state index in [1.54, 1.807) is 6.20 Å². The molecule has 0 bridgehead atoms. The molecule has 1 saturated carbocycles. The van der Waals surface area contributed by atoms with Gasteiger partial charge in [-0.25, -0.2) is 0 Å². The lowest BCUT2D eigenvalue weighted by Gasteiger charge is -2.16. The molecule has 2 atom stereocenters. The van der Waals surface area contributed by atoms with Crippen molar-refractivity contribution in [2.24, 2.45) is 10.9 Å². The number of ether oxygens (including phenoxy) is 1. The van der Waals surface area contributed by atoms with Crippen LogP contribution in [0, 0.1) is 5.92 Å². The van der Waals surface area contributed by atoms with Crippen molar-refractivity contribution in [1.82, 2.24) is 15.3 Å². The van der Waals surface area contributed by atoms with Crippen LogP contribution in [0.25, 0.3) is 4.48 Å². The highest BCUT2D eigenvalue weighted by Gasteiger charge is 2.24. The van der Waals surface area contributed by atoms with Crippen LogP contribution < -0.4 is 15.4 Å². The molecule has 0 radical (unpaired) electrons. The van der Waals surface area contributed by atoms with E-state index < -0.39 is 0 Å². The van der Waals surface area contributed by atoms with Crippen molar-refractivity contribution in [2.75, 3.05) is 0 Å². The van der Waals surface area contributed by atoms with Gasteiger partial charge < -0.3 is 10.1 Å². The van der Waals surface area contributed by atoms with Crippen LogP contribution in [-0.2, 0) is 13.1 Å². The van der Waals surface area contributed by atoms with Crippen molar-refractivity contribution in [3.8, 4) is 11.5 Å². The van der Waals surface area contributed by atoms with E-state index in [0.29, 0.717) is 24.8 Å². The smallest absolute Gasteiger partial charge is 0.163 e. The van der Waals surface area contributed by atoms with Crippen molar-refractivity contribution >= 4 is 26.2 Å². The summed E-state index contributed by atoms with van der Waals surface area (Å²) in [6, 6.07) is 25.5. The number of Topliss-reactive ketones (excluding diaryl/α,β-unsaturated/α-hetero) is 1. The van der Waals surface area contributed by atoms with Crippen LogP contribution in [0.4, 0.5) is 0 Å². The maximum absolute atomic E-state index is 13.2. The highest BCUT2D eigenvalue weighted by molar-refractivity contribution is 9.15. The highest BCUT2D eigenvalue weighted by atomic mass is 79.9. The van der Waals surface area contributed by atoms with Crippen LogP contribution >= 0.6 is 15.9 Å². The standard InChI is InChI=1S/C36H35BrN4O2/c37-33-24-39-23-29-19-30(40-22-26-7-5-17-38-21-26)20-34(41-36(29)33)27-8-4-6-25(11-12-27)18-35(42)28-13-15-32(16-14-28)43-31-9-2-1-3-10-31/h1-3,5,7,9-10,13-17,19-21,24-25,27,39H,4,6,8,11-12,18,22-23H2. The summed E-state index contributed by atoms with van der Waals surface area (Å²) in [5, 5.41) is 4.26. The lowest BCUT2D eigenvalue weighted by atomic mass is 9.91. The Morgan fingerprint density at radius 1 is 0.953 bits per heavy atom. The van der Waals surface area contributed by atoms with Crippen LogP contribution in [0.15, 0.2) is 102 Å². The molecule has 2 aromatic heterocycles. The van der Waals surface area contributed by atoms with Crippen LogP contribution in [0.5, 0.6) is 11.5 Å². The number of hydrogen-bond acceptors (Lipinski definition) is 6. The number of carbonyl (C=O) groups excluding carboxylic acids is 1. The molecular weight excluding hydrogens is 600 g/mol. The first-order chi connectivity index (χ1) is 21.1. The minimum absolute atomic E-state index is 0.200. The van der Waals surface area contributed by atoms with E-state index in [0.717, 1.165) is 88.1 Å². The number of fused-ring (bicyclic) bond motifs is 1. The Bertz CT molecular complexity index is 1660. The monoisotopic (exact) mass is 634 g/mol. The second kappa shape index (κ2) is 13.9. The second-order valence-electron chi connectivity index (χ2n) is 11.3. The number of nitrogens with one attached hydrogen (secondary N) is 1. The molecule has 2 aliphatic rings. The number of para-hydroxylation sites is 1. The SMILES string of the molecule is O=C(CC1CCCC(c2cc(=NCc3cccnc3)cc3c(n2)C(Br)=CNC3)CC1)c1ccc(Oc2ccccc2)cc1. The number of halogens is 1. The number of nitrogens with zero attached hydrogens (tertiary/aromatic N) is 3. The van der Waals surface area contributed by atoms with Gasteiger partial charge in [0.25, 0.3) is 0 Å². The molecule has 43 heavy (non-hydrogen) atoms. The normalized spacial score (nSPS) is 18.5. The van der Waals surface area contributed by atoms with E-state index in [1.165, 1.54) is 0 Å². The molecule has 218 valence electrons. The first-order valence-corrected chi connectivity index (χ1v) is 15.8. The van der Waals surface area contributed by atoms with Gasteiger partial charge in [-0.1, -0.05) is 30.7 Å². The van der Waals surface area contributed by atoms with Crippen molar-refractivity contribution in [2.45, 2.75) is 57.5 Å². The average Bonchev–Trinajstić information content (AvgIpc) is 3.38. The summed E-state index contributed by atoms with van der Waals surface area (Å²) in [6.07, 6.45) is 11.4. The van der Waals surface area contributed by atoms with E-state index in [9.17, 15) is 4.79 Å². The van der Waals surface area contributed by atoms with E-state index in [-0.39, 0.29) is 5.78 Å². The fourth-order valence-corrected chi connectivity index (χ4v) is 6.41. The quantitative estimate of drug-likeness (QED) is 0.156. The number of pyridine rings is 1. The predicted molar refractivity (Wildman–Crippen MR) is 173 cm³/mol. The molecule has 0 saturated heterocycles. The maximum Gasteiger partial charge on any atom is 0.163 e. The van der Waals surface area contributed by atoms with Gasteiger partial charge in [-0.05, 0) is 108 Å². The summed E-state index contributed by atoms with van der Waals surface area (Å²) in [4.78, 5) is 27.6. The van der Waals surface area contributed by atoms with E-state index in [4.69, 9.17) is 14.7 Å². The molecule has 1 aliphatic heterocycles. The molecule has 2 aromatic carbocycles. The molecule has 0 spiro atoms. The average molecular weight is 636 g/mol. The van der Waals surface area contributed by atoms with Crippen LogP contribution in [0.2, 0.25) is 0 Å². The predicted octanol–water partition coefficient (Wildman–Crippen LogP) is 8.10. The Labute approximate surface area is 261 Å². The van der Waals surface area contributed by atoms with Gasteiger partial charge in [-0.15, -0.1) is 0 Å². The molecule has 1 N–H and O–H groups in total. The zero-order chi connectivity index (χ0) is 29.4.